The van der Waals surface area contributed by atoms with Crippen molar-refractivity contribution in [2.75, 3.05) is 4.90 Å². The Labute approximate surface area is 251 Å². The number of hydrogen-bond donors (Lipinski definition) is 0. The van der Waals surface area contributed by atoms with E-state index in [9.17, 15) is 5.26 Å². The maximum absolute atomic E-state index is 9.36. The summed E-state index contributed by atoms with van der Waals surface area (Å²) in [6.07, 6.45) is 0. The number of para-hydroxylation sites is 1. The lowest BCUT2D eigenvalue weighted by Crippen LogP contribution is -2.09. The number of nitrogens with zero attached hydrogens (tertiary/aromatic N) is 2. The van der Waals surface area contributed by atoms with Crippen LogP contribution in [0.3, 0.4) is 0 Å². The van der Waals surface area contributed by atoms with Gasteiger partial charge in [-0.05, 0) is 104 Å². The largest absolute Gasteiger partial charge is 0.310 e. The lowest BCUT2D eigenvalue weighted by molar-refractivity contribution is 1.28. The summed E-state index contributed by atoms with van der Waals surface area (Å²) in [5.74, 6) is 0. The van der Waals surface area contributed by atoms with Crippen LogP contribution in [0.1, 0.15) is 5.56 Å². The van der Waals surface area contributed by atoms with E-state index in [1.165, 1.54) is 44.2 Å². The molecule has 0 N–H and O–H groups in total. The standard InChI is InChI=1S/C41H26N2/c42-27-28-9-6-10-30(25-28)29-19-21-33(22-20-29)43(32-12-2-1-3-13-32)34-14-7-11-31(26-34)35-23-24-40-37-16-5-4-15-36(37)39-18-8-17-38(35)41(39)40/h1-26H. The summed E-state index contributed by atoms with van der Waals surface area (Å²) in [5, 5.41) is 12.0. The number of benzene rings is 7. The molecule has 0 unspecified atom stereocenters. The summed E-state index contributed by atoms with van der Waals surface area (Å²) in [6, 6.07) is 57.9. The summed E-state index contributed by atoms with van der Waals surface area (Å²) in [6.45, 7) is 0. The molecule has 200 valence electrons. The zero-order valence-corrected chi connectivity index (χ0v) is 23.4. The summed E-state index contributed by atoms with van der Waals surface area (Å²) in [5.41, 5.74) is 13.7. The topological polar surface area (TPSA) is 27.0 Å². The molecule has 0 spiro atoms. The van der Waals surface area contributed by atoms with Crippen LogP contribution in [0.5, 0.6) is 0 Å². The van der Waals surface area contributed by atoms with E-state index < -0.39 is 0 Å². The average Bonchev–Trinajstić information content (AvgIpc) is 3.41. The quantitative estimate of drug-likeness (QED) is 0.215. The normalized spacial score (nSPS) is 11.2. The number of rotatable bonds is 5. The zero-order valence-electron chi connectivity index (χ0n) is 23.4. The molecule has 0 fully saturated rings. The van der Waals surface area contributed by atoms with Crippen LogP contribution in [-0.4, -0.2) is 0 Å². The summed E-state index contributed by atoms with van der Waals surface area (Å²) < 4.78 is 0. The molecule has 1 aliphatic rings. The summed E-state index contributed by atoms with van der Waals surface area (Å²) >= 11 is 0. The van der Waals surface area contributed by atoms with Gasteiger partial charge in [-0.15, -0.1) is 0 Å². The Morgan fingerprint density at radius 1 is 0.395 bits per heavy atom. The molecule has 2 nitrogen and oxygen atoms in total. The van der Waals surface area contributed by atoms with Crippen molar-refractivity contribution in [1.82, 2.24) is 0 Å². The Morgan fingerprint density at radius 3 is 1.79 bits per heavy atom. The van der Waals surface area contributed by atoms with Gasteiger partial charge < -0.3 is 4.90 Å². The molecule has 0 heterocycles. The van der Waals surface area contributed by atoms with Crippen molar-refractivity contribution < 1.29 is 0 Å². The maximum atomic E-state index is 9.36. The van der Waals surface area contributed by atoms with Gasteiger partial charge in [0.2, 0.25) is 0 Å². The van der Waals surface area contributed by atoms with E-state index in [4.69, 9.17) is 0 Å². The van der Waals surface area contributed by atoms with Crippen LogP contribution < -0.4 is 4.90 Å². The third kappa shape index (κ3) is 4.19. The molecule has 0 atom stereocenters. The van der Waals surface area contributed by atoms with Gasteiger partial charge in [-0.3, -0.25) is 0 Å². The lowest BCUT2D eigenvalue weighted by Gasteiger charge is -2.26. The van der Waals surface area contributed by atoms with Gasteiger partial charge in [-0.1, -0.05) is 109 Å². The van der Waals surface area contributed by atoms with Gasteiger partial charge in [0.05, 0.1) is 11.6 Å². The van der Waals surface area contributed by atoms with Gasteiger partial charge in [-0.25, -0.2) is 0 Å². The Morgan fingerprint density at radius 2 is 1.00 bits per heavy atom. The monoisotopic (exact) mass is 546 g/mol. The SMILES string of the molecule is N#Cc1cccc(-c2ccc(N(c3ccccc3)c3cccc(-c4ccc5c6c(cccc46)-c4ccccc4-5)c3)cc2)c1. The molecular formula is C41H26N2. The second-order valence-corrected chi connectivity index (χ2v) is 10.9. The fraction of sp³-hybridized carbons (Fsp3) is 0. The Bertz CT molecular complexity index is 2160. The van der Waals surface area contributed by atoms with Crippen molar-refractivity contribution in [2.24, 2.45) is 0 Å². The first-order valence-corrected chi connectivity index (χ1v) is 14.5. The molecule has 0 saturated heterocycles. The Kier molecular flexibility index (Phi) is 5.88. The molecule has 0 radical (unpaired) electrons. The minimum atomic E-state index is 0.663. The van der Waals surface area contributed by atoms with Gasteiger partial charge in [-0.2, -0.15) is 5.26 Å². The van der Waals surface area contributed by atoms with Gasteiger partial charge >= 0.3 is 0 Å². The second-order valence-electron chi connectivity index (χ2n) is 10.9. The number of nitriles is 1. The van der Waals surface area contributed by atoms with Gasteiger partial charge in [0.1, 0.15) is 0 Å². The molecule has 7 aromatic rings. The van der Waals surface area contributed by atoms with E-state index in [1.807, 2.05) is 30.3 Å². The van der Waals surface area contributed by atoms with E-state index in [1.54, 1.807) is 0 Å². The number of fused-ring (bicyclic) bond motifs is 3. The molecular weight excluding hydrogens is 520 g/mol. The highest BCUT2D eigenvalue weighted by atomic mass is 15.1. The highest BCUT2D eigenvalue weighted by molar-refractivity contribution is 6.18. The third-order valence-electron chi connectivity index (χ3n) is 8.43. The van der Waals surface area contributed by atoms with Crippen LogP contribution in [-0.2, 0) is 0 Å². The minimum Gasteiger partial charge on any atom is -0.310 e. The molecule has 0 aromatic heterocycles. The smallest absolute Gasteiger partial charge is 0.0991 e. The predicted octanol–water partition coefficient (Wildman–Crippen LogP) is 11.2. The van der Waals surface area contributed by atoms with Gasteiger partial charge in [0.25, 0.3) is 0 Å². The Balaban J connectivity index is 1.24. The van der Waals surface area contributed by atoms with Crippen molar-refractivity contribution in [3.05, 3.63) is 163 Å². The molecule has 2 heteroatoms. The first kappa shape index (κ1) is 24.9. The fourth-order valence-corrected chi connectivity index (χ4v) is 6.47. The molecule has 0 bridgehead atoms. The van der Waals surface area contributed by atoms with Crippen LogP contribution in [0, 0.1) is 11.3 Å². The molecule has 7 aromatic carbocycles. The van der Waals surface area contributed by atoms with Crippen molar-refractivity contribution in [3.8, 4) is 50.6 Å². The van der Waals surface area contributed by atoms with Crippen LogP contribution in [0.4, 0.5) is 17.1 Å². The third-order valence-corrected chi connectivity index (χ3v) is 8.43. The lowest BCUT2D eigenvalue weighted by atomic mass is 9.94. The highest BCUT2D eigenvalue weighted by Crippen LogP contribution is 2.49. The first-order chi connectivity index (χ1) is 21.3. The van der Waals surface area contributed by atoms with E-state index in [0.29, 0.717) is 5.56 Å². The maximum Gasteiger partial charge on any atom is 0.0991 e. The number of hydrogen-bond acceptors (Lipinski definition) is 2. The highest BCUT2D eigenvalue weighted by Gasteiger charge is 2.22. The average molecular weight is 547 g/mol. The molecule has 1 aliphatic carbocycles. The molecule has 0 saturated carbocycles. The Hall–Kier alpha value is -5.91. The van der Waals surface area contributed by atoms with E-state index in [2.05, 4.69) is 138 Å². The van der Waals surface area contributed by atoms with Crippen LogP contribution in [0.2, 0.25) is 0 Å². The summed E-state index contributed by atoms with van der Waals surface area (Å²) in [4.78, 5) is 2.30. The van der Waals surface area contributed by atoms with E-state index in [0.717, 1.165) is 28.2 Å². The summed E-state index contributed by atoms with van der Waals surface area (Å²) in [7, 11) is 0. The van der Waals surface area contributed by atoms with E-state index >= 15 is 0 Å². The van der Waals surface area contributed by atoms with Gasteiger partial charge in [0.15, 0.2) is 0 Å². The van der Waals surface area contributed by atoms with Crippen LogP contribution >= 0.6 is 0 Å². The van der Waals surface area contributed by atoms with E-state index in [-0.39, 0.29) is 0 Å². The van der Waals surface area contributed by atoms with Crippen molar-refractivity contribution in [3.63, 3.8) is 0 Å². The van der Waals surface area contributed by atoms with Crippen LogP contribution in [0.15, 0.2) is 158 Å². The predicted molar refractivity (Wildman–Crippen MR) is 179 cm³/mol. The fourth-order valence-electron chi connectivity index (χ4n) is 6.47. The molecule has 8 rings (SSSR count). The van der Waals surface area contributed by atoms with Gasteiger partial charge in [0, 0.05) is 17.1 Å². The number of anilines is 3. The van der Waals surface area contributed by atoms with Crippen LogP contribution in [0.25, 0.3) is 55.3 Å². The molecule has 43 heavy (non-hydrogen) atoms. The molecule has 0 amide bonds. The minimum absolute atomic E-state index is 0.663. The molecule has 0 aliphatic heterocycles. The van der Waals surface area contributed by atoms with Crippen molar-refractivity contribution in [2.45, 2.75) is 0 Å². The zero-order chi connectivity index (χ0) is 28.8. The second kappa shape index (κ2) is 10.2. The van der Waals surface area contributed by atoms with Crippen molar-refractivity contribution in [1.29, 1.82) is 5.26 Å². The van der Waals surface area contributed by atoms with Crippen molar-refractivity contribution >= 4 is 27.8 Å². The first-order valence-electron chi connectivity index (χ1n) is 14.5.